The summed E-state index contributed by atoms with van der Waals surface area (Å²) in [7, 11) is 0. The van der Waals surface area contributed by atoms with Gasteiger partial charge < -0.3 is 9.67 Å². The van der Waals surface area contributed by atoms with E-state index in [1.54, 1.807) is 17.0 Å². The summed E-state index contributed by atoms with van der Waals surface area (Å²) in [6, 6.07) is 3.86. The lowest BCUT2D eigenvalue weighted by atomic mass is 10.2. The highest BCUT2D eigenvalue weighted by Crippen LogP contribution is 2.17. The van der Waals surface area contributed by atoms with Crippen molar-refractivity contribution in [1.29, 1.82) is 0 Å². The quantitative estimate of drug-likeness (QED) is 0.905. The number of imidazole rings is 1. The van der Waals surface area contributed by atoms with Gasteiger partial charge in [0.15, 0.2) is 0 Å². The SMILES string of the molecule is CCCc1nccn1-c1ccc(C(=O)O)cc1F. The lowest BCUT2D eigenvalue weighted by Crippen LogP contribution is -2.04. The molecule has 0 aliphatic carbocycles. The van der Waals surface area contributed by atoms with Gasteiger partial charge in [-0.05, 0) is 24.6 Å². The zero-order valence-electron chi connectivity index (χ0n) is 9.93. The normalized spacial score (nSPS) is 10.6. The number of carbonyl (C=O) groups is 1. The molecule has 5 heteroatoms. The van der Waals surface area contributed by atoms with Gasteiger partial charge in [-0.3, -0.25) is 0 Å². The van der Waals surface area contributed by atoms with Crippen molar-refractivity contribution in [3.63, 3.8) is 0 Å². The second-order valence-electron chi connectivity index (χ2n) is 3.93. The van der Waals surface area contributed by atoms with Crippen molar-refractivity contribution in [2.45, 2.75) is 19.8 Å². The highest BCUT2D eigenvalue weighted by molar-refractivity contribution is 5.87. The van der Waals surface area contributed by atoms with Crippen molar-refractivity contribution in [1.82, 2.24) is 9.55 Å². The second kappa shape index (κ2) is 5.00. The lowest BCUT2D eigenvalue weighted by molar-refractivity contribution is 0.0696. The molecule has 1 aromatic carbocycles. The summed E-state index contributed by atoms with van der Waals surface area (Å²) >= 11 is 0. The maximum absolute atomic E-state index is 13.9. The average Bonchev–Trinajstić information content (AvgIpc) is 2.77. The second-order valence-corrected chi connectivity index (χ2v) is 3.93. The van der Waals surface area contributed by atoms with Gasteiger partial charge in [0.1, 0.15) is 11.6 Å². The Kier molecular flexibility index (Phi) is 3.41. The first kappa shape index (κ1) is 12.3. The largest absolute Gasteiger partial charge is 0.478 e. The van der Waals surface area contributed by atoms with Crippen molar-refractivity contribution in [3.05, 3.63) is 47.8 Å². The number of hydrogen-bond acceptors (Lipinski definition) is 2. The van der Waals surface area contributed by atoms with Crippen LogP contribution in [0.2, 0.25) is 0 Å². The molecule has 0 aliphatic rings. The lowest BCUT2D eigenvalue weighted by Gasteiger charge is -2.08. The molecule has 0 saturated carbocycles. The first-order valence-electron chi connectivity index (χ1n) is 5.69. The number of nitrogens with zero attached hydrogens (tertiary/aromatic N) is 2. The summed E-state index contributed by atoms with van der Waals surface area (Å²) in [6.45, 7) is 2.02. The third kappa shape index (κ3) is 2.25. The molecular formula is C13H13FN2O2. The Balaban J connectivity index is 2.44. The van der Waals surface area contributed by atoms with Crippen LogP contribution in [0.5, 0.6) is 0 Å². The van der Waals surface area contributed by atoms with E-state index < -0.39 is 11.8 Å². The molecule has 0 aliphatic heterocycles. The Labute approximate surface area is 104 Å². The molecule has 4 nitrogen and oxygen atoms in total. The van der Waals surface area contributed by atoms with Crippen LogP contribution >= 0.6 is 0 Å². The minimum Gasteiger partial charge on any atom is -0.478 e. The number of hydrogen-bond donors (Lipinski definition) is 1. The van der Waals surface area contributed by atoms with Gasteiger partial charge >= 0.3 is 5.97 Å². The fourth-order valence-corrected chi connectivity index (χ4v) is 1.80. The summed E-state index contributed by atoms with van der Waals surface area (Å²) in [5.41, 5.74) is 0.259. The summed E-state index contributed by atoms with van der Waals surface area (Å²) in [5.74, 6) is -0.940. The Morgan fingerprint density at radius 1 is 1.50 bits per heavy atom. The van der Waals surface area contributed by atoms with Crippen molar-refractivity contribution >= 4 is 5.97 Å². The first-order chi connectivity index (χ1) is 8.63. The van der Waals surface area contributed by atoms with Crippen LogP contribution in [-0.4, -0.2) is 20.6 Å². The molecule has 2 aromatic rings. The average molecular weight is 248 g/mol. The number of aromatic nitrogens is 2. The Hall–Kier alpha value is -2.17. The Bertz CT molecular complexity index is 578. The van der Waals surface area contributed by atoms with Crippen LogP contribution in [0.25, 0.3) is 5.69 Å². The zero-order valence-corrected chi connectivity index (χ0v) is 9.93. The predicted octanol–water partition coefficient (Wildman–Crippen LogP) is 2.66. The predicted molar refractivity (Wildman–Crippen MR) is 64.5 cm³/mol. The van der Waals surface area contributed by atoms with Gasteiger partial charge in [0.25, 0.3) is 0 Å². The van der Waals surface area contributed by atoms with Gasteiger partial charge in [-0.25, -0.2) is 14.2 Å². The number of halogens is 1. The van der Waals surface area contributed by atoms with Crippen LogP contribution in [0.15, 0.2) is 30.6 Å². The van der Waals surface area contributed by atoms with Gasteiger partial charge in [0, 0.05) is 18.8 Å². The summed E-state index contributed by atoms with van der Waals surface area (Å²) < 4.78 is 15.5. The van der Waals surface area contributed by atoms with Gasteiger partial charge in [-0.1, -0.05) is 6.92 Å². The molecule has 18 heavy (non-hydrogen) atoms. The molecule has 1 aromatic heterocycles. The van der Waals surface area contributed by atoms with Gasteiger partial charge in [0.2, 0.25) is 0 Å². The first-order valence-corrected chi connectivity index (χ1v) is 5.69. The fraction of sp³-hybridized carbons (Fsp3) is 0.231. The number of aromatic carboxylic acids is 1. The monoisotopic (exact) mass is 248 g/mol. The van der Waals surface area contributed by atoms with Crippen molar-refractivity contribution in [2.24, 2.45) is 0 Å². The number of rotatable bonds is 4. The Morgan fingerprint density at radius 3 is 2.89 bits per heavy atom. The zero-order chi connectivity index (χ0) is 13.1. The van der Waals surface area contributed by atoms with E-state index >= 15 is 0 Å². The van der Waals surface area contributed by atoms with E-state index in [0.29, 0.717) is 5.69 Å². The standard InChI is InChI=1S/C13H13FN2O2/c1-2-3-12-15-6-7-16(12)11-5-4-9(13(17)18)8-10(11)14/h4-8H,2-3H2,1H3,(H,17,18). The molecular weight excluding hydrogens is 235 g/mol. The van der Waals surface area contributed by atoms with Crippen LogP contribution in [0.3, 0.4) is 0 Å². The Morgan fingerprint density at radius 2 is 2.28 bits per heavy atom. The number of carboxylic acids is 1. The number of aryl methyl sites for hydroxylation is 1. The molecule has 94 valence electrons. The van der Waals surface area contributed by atoms with E-state index in [0.717, 1.165) is 24.7 Å². The molecule has 1 heterocycles. The van der Waals surface area contributed by atoms with Gasteiger partial charge in [-0.15, -0.1) is 0 Å². The fourth-order valence-electron chi connectivity index (χ4n) is 1.80. The highest BCUT2D eigenvalue weighted by atomic mass is 19.1. The van der Waals surface area contributed by atoms with E-state index in [4.69, 9.17) is 5.11 Å². The summed E-state index contributed by atoms with van der Waals surface area (Å²) in [6.07, 6.45) is 4.93. The molecule has 0 saturated heterocycles. The molecule has 0 unspecified atom stereocenters. The van der Waals surface area contributed by atoms with E-state index in [1.807, 2.05) is 6.92 Å². The van der Waals surface area contributed by atoms with Crippen molar-refractivity contribution < 1.29 is 14.3 Å². The summed E-state index contributed by atoms with van der Waals surface area (Å²) in [5, 5.41) is 8.78. The van der Waals surface area contributed by atoms with E-state index in [1.165, 1.54) is 12.1 Å². The van der Waals surface area contributed by atoms with Gasteiger partial charge in [0.05, 0.1) is 11.3 Å². The molecule has 0 radical (unpaired) electrons. The molecule has 0 fully saturated rings. The maximum Gasteiger partial charge on any atom is 0.335 e. The molecule has 0 amide bonds. The third-order valence-corrected chi connectivity index (χ3v) is 2.65. The van der Waals surface area contributed by atoms with Crippen LogP contribution in [0, 0.1) is 5.82 Å². The maximum atomic E-state index is 13.9. The van der Waals surface area contributed by atoms with Crippen molar-refractivity contribution in [2.75, 3.05) is 0 Å². The number of carboxylic acid groups (broad SMARTS) is 1. The molecule has 2 rings (SSSR count). The van der Waals surface area contributed by atoms with E-state index in [9.17, 15) is 9.18 Å². The van der Waals surface area contributed by atoms with E-state index in [-0.39, 0.29) is 5.56 Å². The van der Waals surface area contributed by atoms with Gasteiger partial charge in [-0.2, -0.15) is 0 Å². The number of benzene rings is 1. The smallest absolute Gasteiger partial charge is 0.335 e. The van der Waals surface area contributed by atoms with Crippen LogP contribution in [0.1, 0.15) is 29.5 Å². The van der Waals surface area contributed by atoms with Crippen molar-refractivity contribution in [3.8, 4) is 5.69 Å². The summed E-state index contributed by atoms with van der Waals surface area (Å²) in [4.78, 5) is 14.9. The molecule has 0 spiro atoms. The van der Waals surface area contributed by atoms with Crippen LogP contribution < -0.4 is 0 Å². The molecule has 0 bridgehead atoms. The van der Waals surface area contributed by atoms with E-state index in [2.05, 4.69) is 4.98 Å². The molecule has 1 N–H and O–H groups in total. The van der Waals surface area contributed by atoms with Crippen LogP contribution in [0.4, 0.5) is 4.39 Å². The highest BCUT2D eigenvalue weighted by Gasteiger charge is 2.12. The minimum atomic E-state index is -1.14. The topological polar surface area (TPSA) is 55.1 Å². The minimum absolute atomic E-state index is 0.0617. The molecule has 0 atom stereocenters. The third-order valence-electron chi connectivity index (χ3n) is 2.65. The van der Waals surface area contributed by atoms with Crippen LogP contribution in [-0.2, 0) is 6.42 Å².